The van der Waals surface area contributed by atoms with E-state index in [1.807, 2.05) is 0 Å². The molecule has 0 unspecified atom stereocenters. The Bertz CT molecular complexity index is 240. The van der Waals surface area contributed by atoms with E-state index in [0.717, 1.165) is 19.0 Å². The highest BCUT2D eigenvalue weighted by molar-refractivity contribution is 5.00. The SMILES string of the molecule is C=C(CNC(C)C)CN1CCN(CC(C)C)CC1. The monoisotopic (exact) mass is 253 g/mol. The van der Waals surface area contributed by atoms with Gasteiger partial charge in [0.1, 0.15) is 0 Å². The van der Waals surface area contributed by atoms with Gasteiger partial charge in [-0.2, -0.15) is 0 Å². The van der Waals surface area contributed by atoms with Gasteiger partial charge in [0.2, 0.25) is 0 Å². The van der Waals surface area contributed by atoms with Gasteiger partial charge in [-0.15, -0.1) is 0 Å². The second kappa shape index (κ2) is 7.93. The van der Waals surface area contributed by atoms with Gasteiger partial charge in [-0.3, -0.25) is 4.90 Å². The molecule has 1 saturated heterocycles. The molecule has 0 atom stereocenters. The van der Waals surface area contributed by atoms with E-state index in [-0.39, 0.29) is 0 Å². The number of nitrogens with zero attached hydrogens (tertiary/aromatic N) is 2. The van der Waals surface area contributed by atoms with Gasteiger partial charge < -0.3 is 10.2 Å². The van der Waals surface area contributed by atoms with Crippen LogP contribution in [0.2, 0.25) is 0 Å². The molecule has 1 fully saturated rings. The second-order valence-electron chi connectivity index (χ2n) is 6.26. The molecule has 0 saturated carbocycles. The van der Waals surface area contributed by atoms with Crippen LogP contribution in [0.5, 0.6) is 0 Å². The summed E-state index contributed by atoms with van der Waals surface area (Å²) in [5, 5.41) is 3.43. The molecular formula is C15H31N3. The van der Waals surface area contributed by atoms with Crippen LogP contribution in [0.3, 0.4) is 0 Å². The number of hydrogen-bond donors (Lipinski definition) is 1. The van der Waals surface area contributed by atoms with Crippen molar-refractivity contribution in [2.75, 3.05) is 45.8 Å². The van der Waals surface area contributed by atoms with Crippen molar-refractivity contribution >= 4 is 0 Å². The number of piperazine rings is 1. The van der Waals surface area contributed by atoms with Crippen LogP contribution in [0.15, 0.2) is 12.2 Å². The molecule has 1 N–H and O–H groups in total. The Morgan fingerprint density at radius 2 is 1.61 bits per heavy atom. The molecule has 0 spiro atoms. The van der Waals surface area contributed by atoms with Crippen LogP contribution in [0.1, 0.15) is 27.7 Å². The third-order valence-electron chi connectivity index (χ3n) is 3.30. The molecule has 3 heteroatoms. The Hall–Kier alpha value is -0.380. The van der Waals surface area contributed by atoms with Crippen molar-refractivity contribution in [2.24, 2.45) is 5.92 Å². The summed E-state index contributed by atoms with van der Waals surface area (Å²) in [5.74, 6) is 0.779. The molecule has 1 heterocycles. The Labute approximate surface area is 113 Å². The lowest BCUT2D eigenvalue weighted by Gasteiger charge is -2.35. The standard InChI is InChI=1S/C15H31N3/c1-13(2)11-17-6-8-18(9-7-17)12-15(5)10-16-14(3)4/h13-14,16H,5-12H2,1-4H3. The summed E-state index contributed by atoms with van der Waals surface area (Å²) in [6, 6.07) is 0.546. The zero-order chi connectivity index (χ0) is 13.5. The summed E-state index contributed by atoms with van der Waals surface area (Å²) in [6.07, 6.45) is 0. The van der Waals surface area contributed by atoms with Gasteiger partial charge in [-0.1, -0.05) is 34.3 Å². The number of rotatable bonds is 7. The van der Waals surface area contributed by atoms with Crippen LogP contribution in [-0.4, -0.2) is 61.7 Å². The molecule has 0 aromatic rings. The minimum atomic E-state index is 0.546. The lowest BCUT2D eigenvalue weighted by Crippen LogP contribution is -2.48. The van der Waals surface area contributed by atoms with Crippen LogP contribution >= 0.6 is 0 Å². The van der Waals surface area contributed by atoms with Crippen molar-refractivity contribution in [2.45, 2.75) is 33.7 Å². The van der Waals surface area contributed by atoms with Gasteiger partial charge >= 0.3 is 0 Å². The minimum absolute atomic E-state index is 0.546. The fraction of sp³-hybridized carbons (Fsp3) is 0.867. The van der Waals surface area contributed by atoms with Crippen LogP contribution in [-0.2, 0) is 0 Å². The van der Waals surface area contributed by atoms with E-state index in [1.165, 1.54) is 38.3 Å². The topological polar surface area (TPSA) is 18.5 Å². The summed E-state index contributed by atoms with van der Waals surface area (Å²) < 4.78 is 0. The Morgan fingerprint density at radius 1 is 1.06 bits per heavy atom. The molecule has 18 heavy (non-hydrogen) atoms. The van der Waals surface area contributed by atoms with Gasteiger partial charge in [-0.05, 0) is 11.5 Å². The molecule has 1 aliphatic rings. The smallest absolute Gasteiger partial charge is 0.0203 e. The van der Waals surface area contributed by atoms with Crippen LogP contribution < -0.4 is 5.32 Å². The fourth-order valence-corrected chi connectivity index (χ4v) is 2.37. The minimum Gasteiger partial charge on any atom is -0.311 e. The molecule has 106 valence electrons. The zero-order valence-corrected chi connectivity index (χ0v) is 12.7. The molecular weight excluding hydrogens is 222 g/mol. The second-order valence-corrected chi connectivity index (χ2v) is 6.26. The lowest BCUT2D eigenvalue weighted by atomic mass is 10.2. The lowest BCUT2D eigenvalue weighted by molar-refractivity contribution is 0.129. The average Bonchev–Trinajstić information content (AvgIpc) is 2.28. The Kier molecular flexibility index (Phi) is 6.90. The van der Waals surface area contributed by atoms with E-state index in [0.29, 0.717) is 6.04 Å². The predicted octanol–water partition coefficient (Wildman–Crippen LogP) is 1.81. The summed E-state index contributed by atoms with van der Waals surface area (Å²) in [5.41, 5.74) is 1.31. The molecule has 0 radical (unpaired) electrons. The van der Waals surface area contributed by atoms with Gasteiger partial charge in [-0.25, -0.2) is 0 Å². The van der Waals surface area contributed by atoms with Crippen LogP contribution in [0.4, 0.5) is 0 Å². The van der Waals surface area contributed by atoms with E-state index in [9.17, 15) is 0 Å². The highest BCUT2D eigenvalue weighted by Gasteiger charge is 2.17. The van der Waals surface area contributed by atoms with Crippen molar-refractivity contribution in [3.05, 3.63) is 12.2 Å². The third kappa shape index (κ3) is 6.53. The van der Waals surface area contributed by atoms with Gasteiger partial charge in [0.05, 0.1) is 0 Å². The first-order valence-corrected chi connectivity index (χ1v) is 7.32. The summed E-state index contributed by atoms with van der Waals surface area (Å²) in [7, 11) is 0. The van der Waals surface area contributed by atoms with Crippen molar-refractivity contribution in [3.63, 3.8) is 0 Å². The fourth-order valence-electron chi connectivity index (χ4n) is 2.37. The maximum absolute atomic E-state index is 4.17. The molecule has 3 nitrogen and oxygen atoms in total. The number of nitrogens with one attached hydrogen (secondary N) is 1. The quantitative estimate of drug-likeness (QED) is 0.698. The van der Waals surface area contributed by atoms with E-state index >= 15 is 0 Å². The zero-order valence-electron chi connectivity index (χ0n) is 12.7. The van der Waals surface area contributed by atoms with E-state index in [4.69, 9.17) is 0 Å². The van der Waals surface area contributed by atoms with Gasteiger partial charge in [0.15, 0.2) is 0 Å². The van der Waals surface area contributed by atoms with Gasteiger partial charge in [0.25, 0.3) is 0 Å². The highest BCUT2D eigenvalue weighted by Crippen LogP contribution is 2.06. The summed E-state index contributed by atoms with van der Waals surface area (Å²) in [6.45, 7) is 21.2. The third-order valence-corrected chi connectivity index (χ3v) is 3.30. The molecule has 0 amide bonds. The Morgan fingerprint density at radius 3 is 2.11 bits per heavy atom. The van der Waals surface area contributed by atoms with Gasteiger partial charge in [0, 0.05) is 51.9 Å². The molecule has 0 aromatic carbocycles. The van der Waals surface area contributed by atoms with Crippen LogP contribution in [0.25, 0.3) is 0 Å². The molecule has 0 aliphatic carbocycles. The summed E-state index contributed by atoms with van der Waals surface area (Å²) >= 11 is 0. The van der Waals surface area contributed by atoms with E-state index < -0.39 is 0 Å². The van der Waals surface area contributed by atoms with Crippen molar-refractivity contribution in [1.29, 1.82) is 0 Å². The maximum Gasteiger partial charge on any atom is 0.0203 e. The first-order chi connectivity index (χ1) is 8.47. The number of hydrogen-bond acceptors (Lipinski definition) is 3. The highest BCUT2D eigenvalue weighted by atomic mass is 15.3. The molecule has 0 aromatic heterocycles. The molecule has 1 aliphatic heterocycles. The maximum atomic E-state index is 4.17. The molecule has 1 rings (SSSR count). The molecule has 0 bridgehead atoms. The van der Waals surface area contributed by atoms with E-state index in [2.05, 4.69) is 49.4 Å². The van der Waals surface area contributed by atoms with Crippen molar-refractivity contribution in [3.8, 4) is 0 Å². The largest absolute Gasteiger partial charge is 0.311 e. The van der Waals surface area contributed by atoms with Crippen LogP contribution in [0, 0.1) is 5.92 Å². The first kappa shape index (κ1) is 15.7. The summed E-state index contributed by atoms with van der Waals surface area (Å²) in [4.78, 5) is 5.11. The van der Waals surface area contributed by atoms with Crippen molar-refractivity contribution in [1.82, 2.24) is 15.1 Å². The normalized spacial score (nSPS) is 18.8. The van der Waals surface area contributed by atoms with E-state index in [1.54, 1.807) is 0 Å². The first-order valence-electron chi connectivity index (χ1n) is 7.32. The predicted molar refractivity (Wildman–Crippen MR) is 80.0 cm³/mol. The van der Waals surface area contributed by atoms with Crippen molar-refractivity contribution < 1.29 is 0 Å². The average molecular weight is 253 g/mol. The Balaban J connectivity index is 2.17.